The fourth-order valence-electron chi connectivity index (χ4n) is 3.27. The summed E-state index contributed by atoms with van der Waals surface area (Å²) in [6, 6.07) is 7.21. The standard InChI is InChI=1S/C20H22N4O3/c1-11-8-12(2)17(9-15(11)20(26)27)22-18(25)16-10-21-23(5)19(16)24-13(3)6-7-14(24)4/h6-10H,1-5H3,(H,22,25)(H,26,27). The van der Waals surface area contributed by atoms with E-state index in [1.54, 1.807) is 24.7 Å². The van der Waals surface area contributed by atoms with Gasteiger partial charge in [-0.15, -0.1) is 0 Å². The molecule has 0 bridgehead atoms. The van der Waals surface area contributed by atoms with Gasteiger partial charge < -0.3 is 15.0 Å². The minimum atomic E-state index is -1.02. The van der Waals surface area contributed by atoms with E-state index < -0.39 is 5.97 Å². The number of carbonyl (C=O) groups is 2. The van der Waals surface area contributed by atoms with E-state index in [1.165, 1.54) is 12.3 Å². The van der Waals surface area contributed by atoms with Crippen molar-refractivity contribution in [3.63, 3.8) is 0 Å². The molecule has 2 aromatic heterocycles. The van der Waals surface area contributed by atoms with Crippen molar-refractivity contribution in [2.45, 2.75) is 27.7 Å². The van der Waals surface area contributed by atoms with E-state index in [0.29, 0.717) is 22.6 Å². The highest BCUT2D eigenvalue weighted by molar-refractivity contribution is 6.07. The summed E-state index contributed by atoms with van der Waals surface area (Å²) in [5, 5.41) is 16.4. The van der Waals surface area contributed by atoms with E-state index in [0.717, 1.165) is 17.0 Å². The van der Waals surface area contributed by atoms with Gasteiger partial charge in [0.15, 0.2) is 0 Å². The van der Waals surface area contributed by atoms with Crippen LogP contribution in [0, 0.1) is 27.7 Å². The van der Waals surface area contributed by atoms with Crippen molar-refractivity contribution in [1.29, 1.82) is 0 Å². The lowest BCUT2D eigenvalue weighted by molar-refractivity contribution is 0.0695. The highest BCUT2D eigenvalue weighted by Gasteiger charge is 2.21. The van der Waals surface area contributed by atoms with Gasteiger partial charge in [-0.05, 0) is 57.0 Å². The fraction of sp³-hybridized carbons (Fsp3) is 0.250. The molecule has 7 nitrogen and oxygen atoms in total. The first kappa shape index (κ1) is 18.4. The van der Waals surface area contributed by atoms with E-state index in [1.807, 2.05) is 37.5 Å². The Kier molecular flexibility index (Phi) is 4.61. The van der Waals surface area contributed by atoms with Crippen molar-refractivity contribution in [3.05, 3.63) is 64.1 Å². The maximum absolute atomic E-state index is 13.0. The van der Waals surface area contributed by atoms with Gasteiger partial charge in [-0.1, -0.05) is 6.07 Å². The second-order valence-electron chi connectivity index (χ2n) is 6.70. The molecule has 3 rings (SSSR count). The monoisotopic (exact) mass is 366 g/mol. The van der Waals surface area contributed by atoms with Crippen molar-refractivity contribution in [2.24, 2.45) is 7.05 Å². The summed E-state index contributed by atoms with van der Waals surface area (Å²) in [4.78, 5) is 24.4. The average molecular weight is 366 g/mol. The Hall–Kier alpha value is -3.35. The Balaban J connectivity index is 2.02. The van der Waals surface area contributed by atoms with Gasteiger partial charge in [-0.25, -0.2) is 4.79 Å². The van der Waals surface area contributed by atoms with Gasteiger partial charge in [0.1, 0.15) is 11.4 Å². The molecule has 0 aliphatic rings. The molecular formula is C20H22N4O3. The molecule has 27 heavy (non-hydrogen) atoms. The normalized spacial score (nSPS) is 10.9. The number of aryl methyl sites for hydroxylation is 5. The Labute approximate surface area is 157 Å². The zero-order valence-corrected chi connectivity index (χ0v) is 16.0. The first-order valence-corrected chi connectivity index (χ1v) is 8.54. The minimum Gasteiger partial charge on any atom is -0.478 e. The van der Waals surface area contributed by atoms with Crippen LogP contribution in [0.15, 0.2) is 30.5 Å². The number of hydrogen-bond acceptors (Lipinski definition) is 3. The molecule has 0 unspecified atom stereocenters. The Morgan fingerprint density at radius 2 is 1.63 bits per heavy atom. The molecule has 0 saturated carbocycles. The molecule has 1 aromatic carbocycles. The molecule has 0 spiro atoms. The summed E-state index contributed by atoms with van der Waals surface area (Å²) >= 11 is 0. The third-order valence-corrected chi connectivity index (χ3v) is 4.69. The molecule has 2 heterocycles. The summed E-state index contributed by atoms with van der Waals surface area (Å²) in [5.41, 5.74) is 4.48. The maximum Gasteiger partial charge on any atom is 0.336 e. The molecule has 0 radical (unpaired) electrons. The van der Waals surface area contributed by atoms with Crippen LogP contribution in [0.2, 0.25) is 0 Å². The predicted octanol–water partition coefficient (Wildman–Crippen LogP) is 3.39. The van der Waals surface area contributed by atoms with Crippen LogP contribution >= 0.6 is 0 Å². The van der Waals surface area contributed by atoms with Crippen molar-refractivity contribution >= 4 is 17.6 Å². The van der Waals surface area contributed by atoms with Gasteiger partial charge >= 0.3 is 5.97 Å². The molecule has 140 valence electrons. The van der Waals surface area contributed by atoms with E-state index >= 15 is 0 Å². The van der Waals surface area contributed by atoms with Crippen LogP contribution in [-0.4, -0.2) is 31.3 Å². The molecule has 7 heteroatoms. The number of rotatable bonds is 4. The largest absolute Gasteiger partial charge is 0.478 e. The van der Waals surface area contributed by atoms with Gasteiger partial charge in [0.25, 0.3) is 5.91 Å². The predicted molar refractivity (Wildman–Crippen MR) is 103 cm³/mol. The van der Waals surface area contributed by atoms with Crippen molar-refractivity contribution in [3.8, 4) is 5.82 Å². The summed E-state index contributed by atoms with van der Waals surface area (Å²) in [7, 11) is 1.78. The number of amides is 1. The summed E-state index contributed by atoms with van der Waals surface area (Å²) < 4.78 is 3.62. The number of nitrogens with one attached hydrogen (secondary N) is 1. The Morgan fingerprint density at radius 3 is 2.22 bits per heavy atom. The van der Waals surface area contributed by atoms with Gasteiger partial charge in [-0.3, -0.25) is 9.48 Å². The molecule has 0 aliphatic heterocycles. The molecule has 2 N–H and O–H groups in total. The number of benzene rings is 1. The third kappa shape index (κ3) is 3.23. The van der Waals surface area contributed by atoms with Gasteiger partial charge in [0.2, 0.25) is 0 Å². The smallest absolute Gasteiger partial charge is 0.336 e. The zero-order valence-electron chi connectivity index (χ0n) is 16.0. The highest BCUT2D eigenvalue weighted by Crippen LogP contribution is 2.24. The number of carboxylic acids is 1. The van der Waals surface area contributed by atoms with Crippen LogP contribution in [0.5, 0.6) is 0 Å². The van der Waals surface area contributed by atoms with E-state index in [4.69, 9.17) is 0 Å². The first-order valence-electron chi connectivity index (χ1n) is 8.54. The molecule has 1 amide bonds. The first-order chi connectivity index (χ1) is 12.7. The van der Waals surface area contributed by atoms with E-state index in [-0.39, 0.29) is 11.5 Å². The fourth-order valence-corrected chi connectivity index (χ4v) is 3.27. The molecule has 3 aromatic rings. The topological polar surface area (TPSA) is 89.2 Å². The average Bonchev–Trinajstić information content (AvgIpc) is 3.11. The van der Waals surface area contributed by atoms with Crippen molar-refractivity contribution in [1.82, 2.24) is 14.3 Å². The number of hydrogen-bond donors (Lipinski definition) is 2. The van der Waals surface area contributed by atoms with E-state index in [9.17, 15) is 14.7 Å². The Bertz CT molecular complexity index is 1040. The van der Waals surface area contributed by atoms with Crippen LogP contribution in [0.4, 0.5) is 5.69 Å². The van der Waals surface area contributed by atoms with Crippen molar-refractivity contribution in [2.75, 3.05) is 5.32 Å². The summed E-state index contributed by atoms with van der Waals surface area (Å²) in [5.74, 6) is -0.701. The molecule has 0 aliphatic carbocycles. The second kappa shape index (κ2) is 6.75. The SMILES string of the molecule is Cc1cc(C)c(C(=O)O)cc1NC(=O)c1cnn(C)c1-n1c(C)ccc1C. The summed E-state index contributed by atoms with van der Waals surface area (Å²) in [6.07, 6.45) is 1.52. The lowest BCUT2D eigenvalue weighted by Crippen LogP contribution is -2.17. The number of carboxylic acid groups (broad SMARTS) is 1. The van der Waals surface area contributed by atoms with Crippen LogP contribution in [0.3, 0.4) is 0 Å². The third-order valence-electron chi connectivity index (χ3n) is 4.69. The second-order valence-corrected chi connectivity index (χ2v) is 6.70. The number of anilines is 1. The van der Waals surface area contributed by atoms with Crippen LogP contribution in [-0.2, 0) is 7.05 Å². The maximum atomic E-state index is 13.0. The molecule has 0 atom stereocenters. The van der Waals surface area contributed by atoms with Crippen LogP contribution in [0.1, 0.15) is 43.2 Å². The van der Waals surface area contributed by atoms with Gasteiger partial charge in [0.05, 0.1) is 11.8 Å². The highest BCUT2D eigenvalue weighted by atomic mass is 16.4. The Morgan fingerprint density at radius 1 is 1.00 bits per heavy atom. The molecule has 0 saturated heterocycles. The van der Waals surface area contributed by atoms with Gasteiger partial charge in [0, 0.05) is 24.1 Å². The molecule has 0 fully saturated rings. The van der Waals surface area contributed by atoms with Crippen molar-refractivity contribution < 1.29 is 14.7 Å². The number of aromatic nitrogens is 3. The van der Waals surface area contributed by atoms with Crippen LogP contribution < -0.4 is 5.32 Å². The minimum absolute atomic E-state index is 0.166. The van der Waals surface area contributed by atoms with Crippen LogP contribution in [0.25, 0.3) is 5.82 Å². The number of nitrogens with zero attached hydrogens (tertiary/aromatic N) is 3. The quantitative estimate of drug-likeness (QED) is 0.741. The molecular weight excluding hydrogens is 344 g/mol. The lowest BCUT2D eigenvalue weighted by atomic mass is 10.0. The number of aromatic carboxylic acids is 1. The summed E-state index contributed by atoms with van der Waals surface area (Å²) in [6.45, 7) is 7.49. The van der Waals surface area contributed by atoms with E-state index in [2.05, 4.69) is 10.4 Å². The zero-order chi connectivity index (χ0) is 19.9. The lowest BCUT2D eigenvalue weighted by Gasteiger charge is -2.14. The number of carbonyl (C=O) groups excluding carboxylic acids is 1. The van der Waals surface area contributed by atoms with Gasteiger partial charge in [-0.2, -0.15) is 5.10 Å².